The van der Waals surface area contributed by atoms with E-state index in [1.807, 2.05) is 12.1 Å². The van der Waals surface area contributed by atoms with Crippen molar-refractivity contribution in [2.24, 2.45) is 0 Å². The normalized spacial score (nSPS) is 11.6. The standard InChI is InChI=1S/C16H16Cl2/c1-16(2,3)12-9-7-11(8-10-12)13-5-4-6-14(17)15(13)18/h4-10H,1-3H3. The first kappa shape index (κ1) is 13.5. The van der Waals surface area contributed by atoms with Crippen LogP contribution in [0.4, 0.5) is 0 Å². The highest BCUT2D eigenvalue weighted by Gasteiger charge is 2.13. The quantitative estimate of drug-likeness (QED) is 0.604. The van der Waals surface area contributed by atoms with Crippen LogP contribution in [0.3, 0.4) is 0 Å². The van der Waals surface area contributed by atoms with E-state index in [0.29, 0.717) is 10.0 Å². The highest BCUT2D eigenvalue weighted by molar-refractivity contribution is 6.43. The molecule has 0 N–H and O–H groups in total. The van der Waals surface area contributed by atoms with Gasteiger partial charge in [-0.2, -0.15) is 0 Å². The Balaban J connectivity index is 2.44. The van der Waals surface area contributed by atoms with E-state index in [9.17, 15) is 0 Å². The summed E-state index contributed by atoms with van der Waals surface area (Å²) in [5.74, 6) is 0. The number of hydrogen-bond acceptors (Lipinski definition) is 0. The first-order chi connectivity index (χ1) is 8.39. The lowest BCUT2D eigenvalue weighted by atomic mass is 9.86. The summed E-state index contributed by atoms with van der Waals surface area (Å²) < 4.78 is 0. The van der Waals surface area contributed by atoms with Gasteiger partial charge in [0, 0.05) is 5.56 Å². The second-order valence-electron chi connectivity index (χ2n) is 5.43. The molecule has 0 amide bonds. The molecule has 94 valence electrons. The fourth-order valence-electron chi connectivity index (χ4n) is 1.88. The first-order valence-electron chi connectivity index (χ1n) is 5.94. The van der Waals surface area contributed by atoms with Crippen molar-refractivity contribution in [1.29, 1.82) is 0 Å². The Kier molecular flexibility index (Phi) is 3.70. The molecule has 0 radical (unpaired) electrons. The molecule has 2 aromatic rings. The van der Waals surface area contributed by atoms with Gasteiger partial charge in [0.1, 0.15) is 0 Å². The molecule has 0 aromatic heterocycles. The lowest BCUT2D eigenvalue weighted by molar-refractivity contribution is 0.590. The molecule has 0 saturated heterocycles. The molecule has 2 aromatic carbocycles. The first-order valence-corrected chi connectivity index (χ1v) is 6.70. The van der Waals surface area contributed by atoms with E-state index in [1.165, 1.54) is 5.56 Å². The van der Waals surface area contributed by atoms with E-state index < -0.39 is 0 Å². The van der Waals surface area contributed by atoms with Crippen molar-refractivity contribution in [3.8, 4) is 11.1 Å². The number of benzene rings is 2. The average Bonchev–Trinajstić information content (AvgIpc) is 2.32. The molecule has 0 bridgehead atoms. The molecular formula is C16H16Cl2. The minimum absolute atomic E-state index is 0.163. The van der Waals surface area contributed by atoms with Gasteiger partial charge in [0.05, 0.1) is 10.0 Å². The van der Waals surface area contributed by atoms with E-state index in [2.05, 4.69) is 45.0 Å². The van der Waals surface area contributed by atoms with Crippen LogP contribution in [0.1, 0.15) is 26.3 Å². The molecule has 0 atom stereocenters. The molecule has 0 aliphatic heterocycles. The van der Waals surface area contributed by atoms with Crippen molar-refractivity contribution in [2.45, 2.75) is 26.2 Å². The van der Waals surface area contributed by atoms with E-state index in [-0.39, 0.29) is 5.41 Å². The third-order valence-corrected chi connectivity index (χ3v) is 3.83. The van der Waals surface area contributed by atoms with Crippen LogP contribution in [-0.2, 0) is 5.41 Å². The third kappa shape index (κ3) is 2.71. The van der Waals surface area contributed by atoms with Gasteiger partial charge in [0.2, 0.25) is 0 Å². The van der Waals surface area contributed by atoms with Crippen molar-refractivity contribution in [3.05, 3.63) is 58.1 Å². The molecule has 0 aliphatic carbocycles. The minimum atomic E-state index is 0.163. The number of rotatable bonds is 1. The number of hydrogen-bond donors (Lipinski definition) is 0. The molecule has 0 unspecified atom stereocenters. The van der Waals surface area contributed by atoms with Gasteiger partial charge in [-0.15, -0.1) is 0 Å². The summed E-state index contributed by atoms with van der Waals surface area (Å²) in [7, 11) is 0. The fourth-order valence-corrected chi connectivity index (χ4v) is 2.29. The predicted molar refractivity (Wildman–Crippen MR) is 80.6 cm³/mol. The van der Waals surface area contributed by atoms with Crippen LogP contribution in [0.25, 0.3) is 11.1 Å². The second-order valence-corrected chi connectivity index (χ2v) is 6.21. The Morgan fingerprint density at radius 3 is 2.00 bits per heavy atom. The van der Waals surface area contributed by atoms with Gasteiger partial charge < -0.3 is 0 Å². The van der Waals surface area contributed by atoms with Crippen LogP contribution in [0, 0.1) is 0 Å². The molecule has 0 nitrogen and oxygen atoms in total. The topological polar surface area (TPSA) is 0 Å². The van der Waals surface area contributed by atoms with Gasteiger partial charge in [0.15, 0.2) is 0 Å². The van der Waals surface area contributed by atoms with Crippen LogP contribution in [-0.4, -0.2) is 0 Å². The Hall–Kier alpha value is -0.980. The van der Waals surface area contributed by atoms with Crippen LogP contribution in [0.5, 0.6) is 0 Å². The van der Waals surface area contributed by atoms with E-state index in [4.69, 9.17) is 23.2 Å². The Morgan fingerprint density at radius 1 is 0.833 bits per heavy atom. The summed E-state index contributed by atoms with van der Waals surface area (Å²) in [6.07, 6.45) is 0. The van der Waals surface area contributed by atoms with Gasteiger partial charge in [-0.05, 0) is 22.6 Å². The Bertz CT molecular complexity index is 548. The third-order valence-electron chi connectivity index (χ3n) is 3.01. The van der Waals surface area contributed by atoms with Gasteiger partial charge in [0.25, 0.3) is 0 Å². The molecule has 0 saturated carbocycles. The van der Waals surface area contributed by atoms with Crippen molar-refractivity contribution >= 4 is 23.2 Å². The highest BCUT2D eigenvalue weighted by Crippen LogP contribution is 2.34. The predicted octanol–water partition coefficient (Wildman–Crippen LogP) is 5.96. The van der Waals surface area contributed by atoms with Crippen LogP contribution >= 0.6 is 23.2 Å². The molecule has 2 heteroatoms. The molecule has 0 aliphatic rings. The fraction of sp³-hybridized carbons (Fsp3) is 0.250. The van der Waals surface area contributed by atoms with Crippen molar-refractivity contribution in [2.75, 3.05) is 0 Å². The average molecular weight is 279 g/mol. The van der Waals surface area contributed by atoms with Crippen LogP contribution < -0.4 is 0 Å². The van der Waals surface area contributed by atoms with Crippen molar-refractivity contribution in [1.82, 2.24) is 0 Å². The van der Waals surface area contributed by atoms with Crippen molar-refractivity contribution < 1.29 is 0 Å². The largest absolute Gasteiger partial charge is 0.0827 e. The maximum Gasteiger partial charge on any atom is 0.0670 e. The summed E-state index contributed by atoms with van der Waals surface area (Å²) in [5.41, 5.74) is 3.54. The van der Waals surface area contributed by atoms with Crippen LogP contribution in [0.15, 0.2) is 42.5 Å². The highest BCUT2D eigenvalue weighted by atomic mass is 35.5. The maximum absolute atomic E-state index is 6.23. The van der Waals surface area contributed by atoms with Crippen molar-refractivity contribution in [3.63, 3.8) is 0 Å². The van der Waals surface area contributed by atoms with Gasteiger partial charge in [-0.1, -0.05) is 80.4 Å². The summed E-state index contributed by atoms with van der Waals surface area (Å²) in [4.78, 5) is 0. The molecular weight excluding hydrogens is 263 g/mol. The summed E-state index contributed by atoms with van der Waals surface area (Å²) in [6.45, 7) is 6.61. The van der Waals surface area contributed by atoms with Gasteiger partial charge in [-0.3, -0.25) is 0 Å². The molecule has 2 rings (SSSR count). The number of halogens is 2. The van der Waals surface area contributed by atoms with E-state index in [1.54, 1.807) is 6.07 Å². The molecule has 0 spiro atoms. The zero-order chi connectivity index (χ0) is 13.3. The Labute approximate surface area is 119 Å². The summed E-state index contributed by atoms with van der Waals surface area (Å²) in [5, 5.41) is 1.21. The smallest absolute Gasteiger partial charge is 0.0670 e. The van der Waals surface area contributed by atoms with E-state index >= 15 is 0 Å². The molecule has 18 heavy (non-hydrogen) atoms. The maximum atomic E-state index is 6.23. The second kappa shape index (κ2) is 4.95. The molecule has 0 heterocycles. The lowest BCUT2D eigenvalue weighted by Crippen LogP contribution is -2.10. The van der Waals surface area contributed by atoms with Gasteiger partial charge in [-0.25, -0.2) is 0 Å². The lowest BCUT2D eigenvalue weighted by Gasteiger charge is -2.19. The molecule has 0 fully saturated rings. The van der Waals surface area contributed by atoms with Gasteiger partial charge >= 0.3 is 0 Å². The monoisotopic (exact) mass is 278 g/mol. The minimum Gasteiger partial charge on any atom is -0.0827 e. The zero-order valence-corrected chi connectivity index (χ0v) is 12.3. The summed E-state index contributed by atoms with van der Waals surface area (Å²) >= 11 is 12.3. The SMILES string of the molecule is CC(C)(C)c1ccc(-c2cccc(Cl)c2Cl)cc1. The van der Waals surface area contributed by atoms with E-state index in [0.717, 1.165) is 11.1 Å². The zero-order valence-electron chi connectivity index (χ0n) is 10.8. The Morgan fingerprint density at radius 2 is 1.44 bits per heavy atom. The van der Waals surface area contributed by atoms with Crippen LogP contribution in [0.2, 0.25) is 10.0 Å². The summed E-state index contributed by atoms with van der Waals surface area (Å²) in [6, 6.07) is 14.2.